The molecule has 1 heterocycles. The van der Waals surface area contributed by atoms with E-state index in [-0.39, 0.29) is 19.6 Å². The van der Waals surface area contributed by atoms with E-state index in [9.17, 15) is 22.0 Å². The van der Waals surface area contributed by atoms with Crippen molar-refractivity contribution in [3.05, 3.63) is 29.1 Å². The first kappa shape index (κ1) is 15.0. The zero-order chi connectivity index (χ0) is 14.9. The molecule has 1 saturated heterocycles. The Morgan fingerprint density at radius 2 is 1.45 bits per heavy atom. The lowest BCUT2D eigenvalue weighted by molar-refractivity contribution is 0.260. The highest BCUT2D eigenvalue weighted by Crippen LogP contribution is 2.34. The summed E-state index contributed by atoms with van der Waals surface area (Å²) >= 11 is 0. The van der Waals surface area contributed by atoms with Crippen molar-refractivity contribution in [2.24, 2.45) is 0 Å². The number of hydrogen-bond donors (Lipinski definition) is 1. The molecule has 0 spiro atoms. The lowest BCUT2D eigenvalue weighted by Crippen LogP contribution is -2.41. The van der Waals surface area contributed by atoms with Gasteiger partial charge in [-0.25, -0.2) is 22.0 Å². The van der Waals surface area contributed by atoms with Crippen molar-refractivity contribution in [2.45, 2.75) is 31.7 Å². The van der Waals surface area contributed by atoms with E-state index >= 15 is 0 Å². The second-order valence-corrected chi connectivity index (χ2v) is 4.77. The first-order valence-electron chi connectivity index (χ1n) is 6.38. The van der Waals surface area contributed by atoms with Gasteiger partial charge in [-0.05, 0) is 25.7 Å². The number of benzene rings is 1. The molecule has 0 radical (unpaired) electrons. The van der Waals surface area contributed by atoms with Crippen LogP contribution in [0.5, 0.6) is 0 Å². The zero-order valence-corrected chi connectivity index (χ0v) is 10.6. The third-order valence-corrected chi connectivity index (χ3v) is 3.56. The maximum atomic E-state index is 13.8. The van der Waals surface area contributed by atoms with Crippen LogP contribution in [-0.4, -0.2) is 24.3 Å². The predicted octanol–water partition coefficient (Wildman–Crippen LogP) is 3.12. The van der Waals surface area contributed by atoms with Crippen molar-refractivity contribution in [3.8, 4) is 0 Å². The van der Waals surface area contributed by atoms with E-state index in [1.807, 2.05) is 0 Å². The van der Waals surface area contributed by atoms with E-state index in [4.69, 9.17) is 5.11 Å². The van der Waals surface area contributed by atoms with Crippen molar-refractivity contribution in [1.29, 1.82) is 0 Å². The van der Waals surface area contributed by atoms with Crippen molar-refractivity contribution in [1.82, 2.24) is 0 Å². The van der Waals surface area contributed by atoms with Crippen LogP contribution >= 0.6 is 0 Å². The van der Waals surface area contributed by atoms with Gasteiger partial charge in [0.25, 0.3) is 0 Å². The molecule has 0 bridgehead atoms. The minimum absolute atomic E-state index is 0.197. The zero-order valence-electron chi connectivity index (χ0n) is 10.6. The summed E-state index contributed by atoms with van der Waals surface area (Å²) in [5.74, 6) is -9.66. The molecule has 0 aliphatic carbocycles. The Balaban J connectivity index is 2.50. The van der Waals surface area contributed by atoms with Gasteiger partial charge in [-0.15, -0.1) is 0 Å². The lowest BCUT2D eigenvalue weighted by atomic mass is 9.98. The highest BCUT2D eigenvalue weighted by Gasteiger charge is 2.33. The molecule has 1 unspecified atom stereocenters. The SMILES string of the molecule is OCCC1CCCCN1c1c(F)c(F)c(F)c(F)c1F. The molecule has 0 amide bonds. The molecule has 7 heteroatoms. The Labute approximate surface area is 112 Å². The Morgan fingerprint density at radius 1 is 0.900 bits per heavy atom. The molecule has 0 aromatic heterocycles. The van der Waals surface area contributed by atoms with Crippen LogP contribution in [0.3, 0.4) is 0 Å². The van der Waals surface area contributed by atoms with Crippen molar-refractivity contribution in [2.75, 3.05) is 18.1 Å². The monoisotopic (exact) mass is 295 g/mol. The van der Waals surface area contributed by atoms with E-state index < -0.39 is 40.8 Å². The van der Waals surface area contributed by atoms with Gasteiger partial charge in [-0.1, -0.05) is 0 Å². The number of piperidine rings is 1. The molecule has 1 aromatic carbocycles. The van der Waals surface area contributed by atoms with Gasteiger partial charge in [-0.3, -0.25) is 0 Å². The maximum Gasteiger partial charge on any atom is 0.200 e. The van der Waals surface area contributed by atoms with Crippen LogP contribution in [0.25, 0.3) is 0 Å². The first-order valence-corrected chi connectivity index (χ1v) is 6.38. The van der Waals surface area contributed by atoms with Gasteiger partial charge in [0.2, 0.25) is 5.82 Å². The number of hydrogen-bond acceptors (Lipinski definition) is 2. The first-order chi connectivity index (χ1) is 9.49. The molecule has 20 heavy (non-hydrogen) atoms. The van der Waals surface area contributed by atoms with Crippen LogP contribution in [-0.2, 0) is 0 Å². The average molecular weight is 295 g/mol. The average Bonchev–Trinajstić information content (AvgIpc) is 2.45. The van der Waals surface area contributed by atoms with Gasteiger partial charge >= 0.3 is 0 Å². The summed E-state index contributed by atoms with van der Waals surface area (Å²) < 4.78 is 67.0. The smallest absolute Gasteiger partial charge is 0.200 e. The summed E-state index contributed by atoms with van der Waals surface area (Å²) in [5.41, 5.74) is -0.889. The van der Waals surface area contributed by atoms with Crippen LogP contribution in [0.4, 0.5) is 27.6 Å². The lowest BCUT2D eigenvalue weighted by Gasteiger charge is -2.37. The van der Waals surface area contributed by atoms with E-state index in [0.717, 1.165) is 6.42 Å². The van der Waals surface area contributed by atoms with E-state index in [1.165, 1.54) is 4.90 Å². The fourth-order valence-corrected chi connectivity index (χ4v) is 2.59. The van der Waals surface area contributed by atoms with Crippen LogP contribution in [0.2, 0.25) is 0 Å². The third-order valence-electron chi connectivity index (χ3n) is 3.56. The summed E-state index contributed by atoms with van der Waals surface area (Å²) in [5, 5.41) is 8.95. The Morgan fingerprint density at radius 3 is 2.00 bits per heavy atom. The van der Waals surface area contributed by atoms with E-state index in [2.05, 4.69) is 0 Å². The van der Waals surface area contributed by atoms with Crippen LogP contribution in [0.1, 0.15) is 25.7 Å². The van der Waals surface area contributed by atoms with Gasteiger partial charge < -0.3 is 10.0 Å². The molecule has 0 saturated carbocycles. The third kappa shape index (κ3) is 2.46. The quantitative estimate of drug-likeness (QED) is 0.526. The van der Waals surface area contributed by atoms with Crippen LogP contribution in [0.15, 0.2) is 0 Å². The summed E-state index contributed by atoms with van der Waals surface area (Å²) in [6, 6.07) is -0.429. The van der Waals surface area contributed by atoms with Gasteiger partial charge in [0.1, 0.15) is 5.69 Å². The second kappa shape index (κ2) is 5.95. The summed E-state index contributed by atoms with van der Waals surface area (Å²) in [7, 11) is 0. The van der Waals surface area contributed by atoms with Crippen LogP contribution < -0.4 is 4.90 Å². The molecule has 2 nitrogen and oxygen atoms in total. The van der Waals surface area contributed by atoms with Gasteiger partial charge in [0.05, 0.1) is 0 Å². The number of anilines is 1. The summed E-state index contributed by atoms with van der Waals surface area (Å²) in [6.45, 7) is -0.0143. The number of rotatable bonds is 3. The van der Waals surface area contributed by atoms with E-state index in [1.54, 1.807) is 0 Å². The Bertz CT molecular complexity index is 477. The summed E-state index contributed by atoms with van der Waals surface area (Å²) in [6.07, 6.45) is 2.15. The van der Waals surface area contributed by atoms with Gasteiger partial charge in [-0.2, -0.15) is 0 Å². The minimum Gasteiger partial charge on any atom is -0.396 e. The fraction of sp³-hybridized carbons (Fsp3) is 0.538. The van der Waals surface area contributed by atoms with E-state index in [0.29, 0.717) is 12.8 Å². The highest BCUT2D eigenvalue weighted by atomic mass is 19.2. The van der Waals surface area contributed by atoms with Crippen molar-refractivity contribution >= 4 is 5.69 Å². The van der Waals surface area contributed by atoms with Crippen LogP contribution in [0, 0.1) is 29.1 Å². The Kier molecular flexibility index (Phi) is 4.47. The molecule has 1 fully saturated rings. The maximum absolute atomic E-state index is 13.8. The number of aliphatic hydroxyl groups excluding tert-OH is 1. The second-order valence-electron chi connectivity index (χ2n) is 4.77. The van der Waals surface area contributed by atoms with Gasteiger partial charge in [0.15, 0.2) is 23.3 Å². The summed E-state index contributed by atoms with van der Waals surface area (Å²) in [4.78, 5) is 1.18. The molecule has 1 atom stereocenters. The standard InChI is InChI=1S/C13H14F5NO/c14-8-9(15)11(17)13(12(18)10(8)16)19-5-2-1-3-7(19)4-6-20/h7,20H,1-6H2. The highest BCUT2D eigenvalue weighted by molar-refractivity contribution is 5.51. The molecule has 112 valence electrons. The molecule has 2 rings (SSSR count). The minimum atomic E-state index is -2.15. The molecule has 1 aliphatic rings. The largest absolute Gasteiger partial charge is 0.396 e. The molecule has 1 aromatic rings. The number of aliphatic hydroxyl groups is 1. The topological polar surface area (TPSA) is 23.5 Å². The molecule has 1 N–H and O–H groups in total. The Hall–Kier alpha value is -1.37. The number of nitrogens with zero attached hydrogens (tertiary/aromatic N) is 1. The normalized spacial score (nSPS) is 19.5. The van der Waals surface area contributed by atoms with Crippen molar-refractivity contribution in [3.63, 3.8) is 0 Å². The predicted molar refractivity (Wildman–Crippen MR) is 62.9 cm³/mol. The fourth-order valence-electron chi connectivity index (χ4n) is 2.59. The molecule has 1 aliphatic heterocycles. The molecular weight excluding hydrogens is 281 g/mol. The van der Waals surface area contributed by atoms with Crippen molar-refractivity contribution < 1.29 is 27.1 Å². The van der Waals surface area contributed by atoms with Gasteiger partial charge in [0, 0.05) is 19.2 Å². The molecular formula is C13H14F5NO. The number of halogens is 5.